The molecule has 0 fully saturated rings. The van der Waals surface area contributed by atoms with Gasteiger partial charge in [-0.1, -0.05) is 12.1 Å². The van der Waals surface area contributed by atoms with Crippen LogP contribution in [0.1, 0.15) is 0 Å². The highest BCUT2D eigenvalue weighted by Crippen LogP contribution is 2.02. The largest absolute Gasteiger partial charge is 0.372 e. The number of rotatable bonds is 3. The van der Waals surface area contributed by atoms with Gasteiger partial charge in [-0.25, -0.2) is 8.42 Å². The molecule has 3 nitrogen and oxygen atoms in total. The van der Waals surface area contributed by atoms with Gasteiger partial charge in [-0.05, 0) is 18.2 Å². The first-order chi connectivity index (χ1) is 5.29. The third-order valence-electron chi connectivity index (χ3n) is 1.12. The summed E-state index contributed by atoms with van der Waals surface area (Å²) < 4.78 is 20.3. The summed E-state index contributed by atoms with van der Waals surface area (Å²) in [5.41, 5.74) is 0.770. The molecule has 11 heavy (non-hydrogen) atoms. The highest BCUT2D eigenvalue weighted by atomic mass is 32.2. The van der Waals surface area contributed by atoms with Gasteiger partial charge in [0.25, 0.3) is 0 Å². The summed E-state index contributed by atoms with van der Waals surface area (Å²) in [6, 6.07) is 9.85. The number of benzene rings is 1. The van der Waals surface area contributed by atoms with E-state index in [4.69, 9.17) is 0 Å². The molecule has 0 unspecified atom stereocenters. The normalized spacial score (nSPS) is 9.91. The molecular weight excluding hydrogens is 162 g/mol. The van der Waals surface area contributed by atoms with Crippen LogP contribution in [-0.2, 0) is 10.7 Å². The van der Waals surface area contributed by atoms with Crippen LogP contribution in [0.5, 0.6) is 0 Å². The summed E-state index contributed by atoms with van der Waals surface area (Å²) in [6.07, 6.45) is 0. The van der Waals surface area contributed by atoms with Crippen molar-refractivity contribution >= 4 is 16.4 Å². The maximum Gasteiger partial charge on any atom is 0.158 e. The second-order valence-corrected chi connectivity index (χ2v) is 2.94. The number of nitrogens with one attached hydrogen (secondary N) is 1. The van der Waals surface area contributed by atoms with Gasteiger partial charge in [0.15, 0.2) is 10.7 Å². The molecule has 0 aliphatic carbocycles. The molecule has 0 saturated heterocycles. The fraction of sp³-hybridized carbons (Fsp3) is 0.143. The molecule has 0 heterocycles. The van der Waals surface area contributed by atoms with Crippen molar-refractivity contribution in [2.75, 3.05) is 11.2 Å². The van der Waals surface area contributed by atoms with Crippen molar-refractivity contribution in [3.8, 4) is 0 Å². The fourth-order valence-electron chi connectivity index (χ4n) is 0.659. The number of hydrogen-bond acceptors (Lipinski definition) is 3. The van der Waals surface area contributed by atoms with Gasteiger partial charge in [-0.15, -0.1) is 0 Å². The van der Waals surface area contributed by atoms with E-state index in [1.54, 1.807) is 24.3 Å². The Bertz CT molecular complexity index is 274. The molecule has 1 rings (SSSR count). The summed E-state index contributed by atoms with van der Waals surface area (Å²) in [4.78, 5) is 0. The Labute approximate surface area is 67.0 Å². The van der Waals surface area contributed by atoms with Crippen LogP contribution in [0.4, 0.5) is 5.69 Å². The lowest BCUT2D eigenvalue weighted by atomic mass is 10.3. The molecule has 0 aliphatic heterocycles. The Balaban J connectivity index is 2.52. The standard InChI is InChI=1S/C7H8NO2S/c9-11(10)6-8-7-4-2-1-3-5-7/h1-2,4-5,8,11H,6H2. The van der Waals surface area contributed by atoms with Gasteiger partial charge in [-0.3, -0.25) is 0 Å². The summed E-state index contributed by atoms with van der Waals surface area (Å²) in [6.45, 7) is 0. The molecule has 1 aromatic rings. The Morgan fingerprint density at radius 1 is 1.55 bits per heavy atom. The Morgan fingerprint density at radius 2 is 2.36 bits per heavy atom. The molecule has 0 atom stereocenters. The van der Waals surface area contributed by atoms with Crippen LogP contribution in [0.15, 0.2) is 24.3 Å². The predicted molar refractivity (Wildman–Crippen MR) is 44.1 cm³/mol. The molecule has 0 spiro atoms. The van der Waals surface area contributed by atoms with Gasteiger partial charge >= 0.3 is 0 Å². The quantitative estimate of drug-likeness (QED) is 0.648. The van der Waals surface area contributed by atoms with Crippen LogP contribution < -0.4 is 5.32 Å². The number of hydrogen-bond donors (Lipinski definition) is 2. The molecule has 1 radical (unpaired) electrons. The maximum atomic E-state index is 10.1. The summed E-state index contributed by atoms with van der Waals surface area (Å²) in [5.74, 6) is -0.0206. The maximum absolute atomic E-state index is 10.1. The second-order valence-electron chi connectivity index (χ2n) is 1.96. The van der Waals surface area contributed by atoms with Crippen molar-refractivity contribution in [3.63, 3.8) is 0 Å². The van der Waals surface area contributed by atoms with Gasteiger partial charge in [0.2, 0.25) is 0 Å². The lowest BCUT2D eigenvalue weighted by Gasteiger charge is -1.98. The molecule has 0 amide bonds. The number of thiol groups is 1. The SMILES string of the molecule is O=[SH](=O)CNc1c[c]ccc1. The minimum atomic E-state index is -2.35. The summed E-state index contributed by atoms with van der Waals surface area (Å²) in [5, 5.41) is 2.72. The molecular formula is C7H8NO2S. The Hall–Kier alpha value is -1.03. The lowest BCUT2D eigenvalue weighted by molar-refractivity contribution is 0.616. The number of anilines is 1. The predicted octanol–water partition coefficient (Wildman–Crippen LogP) is 0.468. The topological polar surface area (TPSA) is 46.2 Å². The van der Waals surface area contributed by atoms with Crippen molar-refractivity contribution in [2.45, 2.75) is 0 Å². The van der Waals surface area contributed by atoms with E-state index in [1.165, 1.54) is 0 Å². The van der Waals surface area contributed by atoms with Crippen molar-refractivity contribution < 1.29 is 8.42 Å². The third kappa shape index (κ3) is 3.04. The molecule has 0 saturated carbocycles. The lowest BCUT2D eigenvalue weighted by Crippen LogP contribution is -2.01. The highest BCUT2D eigenvalue weighted by Gasteiger charge is 1.87. The van der Waals surface area contributed by atoms with Gasteiger partial charge in [-0.2, -0.15) is 0 Å². The summed E-state index contributed by atoms with van der Waals surface area (Å²) in [7, 11) is -2.35. The van der Waals surface area contributed by atoms with E-state index < -0.39 is 10.7 Å². The van der Waals surface area contributed by atoms with Crippen LogP contribution in [0, 0.1) is 6.07 Å². The van der Waals surface area contributed by atoms with E-state index in [2.05, 4.69) is 11.4 Å². The van der Waals surface area contributed by atoms with Crippen LogP contribution in [0.25, 0.3) is 0 Å². The van der Waals surface area contributed by atoms with E-state index in [9.17, 15) is 8.42 Å². The molecule has 0 bridgehead atoms. The van der Waals surface area contributed by atoms with Crippen molar-refractivity contribution in [1.29, 1.82) is 0 Å². The van der Waals surface area contributed by atoms with E-state index in [0.717, 1.165) is 5.69 Å². The zero-order chi connectivity index (χ0) is 8.10. The van der Waals surface area contributed by atoms with Gasteiger partial charge < -0.3 is 5.32 Å². The smallest absolute Gasteiger partial charge is 0.158 e. The molecule has 0 aliphatic rings. The van der Waals surface area contributed by atoms with Crippen LogP contribution in [-0.4, -0.2) is 14.3 Å². The fourth-order valence-corrected chi connectivity index (χ4v) is 0.971. The van der Waals surface area contributed by atoms with Crippen molar-refractivity contribution in [1.82, 2.24) is 0 Å². The molecule has 59 valence electrons. The molecule has 0 aromatic heterocycles. The highest BCUT2D eigenvalue weighted by molar-refractivity contribution is 7.72. The monoisotopic (exact) mass is 170 g/mol. The van der Waals surface area contributed by atoms with E-state index >= 15 is 0 Å². The Morgan fingerprint density at radius 3 is 2.91 bits per heavy atom. The zero-order valence-corrected chi connectivity index (χ0v) is 6.67. The Kier molecular flexibility index (Phi) is 2.92. The van der Waals surface area contributed by atoms with Gasteiger partial charge in [0.1, 0.15) is 5.88 Å². The van der Waals surface area contributed by atoms with E-state index in [1.807, 2.05) is 0 Å². The minimum Gasteiger partial charge on any atom is -0.372 e. The average Bonchev–Trinajstić information content (AvgIpc) is 2.03. The third-order valence-corrected chi connectivity index (χ3v) is 1.54. The van der Waals surface area contributed by atoms with Crippen molar-refractivity contribution in [3.05, 3.63) is 30.3 Å². The van der Waals surface area contributed by atoms with Gasteiger partial charge in [0.05, 0.1) is 0 Å². The minimum absolute atomic E-state index is 0.0206. The summed E-state index contributed by atoms with van der Waals surface area (Å²) >= 11 is 0. The second kappa shape index (κ2) is 3.98. The zero-order valence-electron chi connectivity index (χ0n) is 5.78. The average molecular weight is 170 g/mol. The molecule has 1 aromatic carbocycles. The van der Waals surface area contributed by atoms with E-state index in [-0.39, 0.29) is 5.88 Å². The van der Waals surface area contributed by atoms with E-state index in [0.29, 0.717) is 0 Å². The van der Waals surface area contributed by atoms with Crippen LogP contribution in [0.3, 0.4) is 0 Å². The first kappa shape index (κ1) is 8.07. The first-order valence-corrected chi connectivity index (χ1v) is 4.47. The molecule has 4 heteroatoms. The van der Waals surface area contributed by atoms with Gasteiger partial charge in [0, 0.05) is 5.69 Å². The first-order valence-electron chi connectivity index (χ1n) is 3.11. The van der Waals surface area contributed by atoms with Crippen molar-refractivity contribution in [2.24, 2.45) is 0 Å². The van der Waals surface area contributed by atoms with Crippen LogP contribution >= 0.6 is 0 Å². The molecule has 1 N–H and O–H groups in total. The van der Waals surface area contributed by atoms with Crippen LogP contribution in [0.2, 0.25) is 0 Å².